The lowest BCUT2D eigenvalue weighted by molar-refractivity contribution is 0.151. The van der Waals surface area contributed by atoms with Crippen molar-refractivity contribution in [1.29, 1.82) is 0 Å². The molecule has 0 aliphatic rings. The molecule has 0 aliphatic heterocycles. The predicted octanol–water partition coefficient (Wildman–Crippen LogP) is 5.19. The van der Waals surface area contributed by atoms with Gasteiger partial charge in [0.05, 0.1) is 0 Å². The summed E-state index contributed by atoms with van der Waals surface area (Å²) in [7, 11) is 0. The van der Waals surface area contributed by atoms with Gasteiger partial charge in [0.15, 0.2) is 0 Å². The quantitative estimate of drug-likeness (QED) is 0.663. The maximum atomic E-state index is 13.0. The molecule has 0 saturated heterocycles. The maximum Gasteiger partial charge on any atom is 0.264 e. The highest BCUT2D eigenvalue weighted by Crippen LogP contribution is 2.29. The Bertz CT molecular complexity index is 779. The second kappa shape index (κ2) is 5.75. The molecule has 0 radical (unpaired) electrons. The first-order valence-electron chi connectivity index (χ1n) is 7.07. The number of imidazole rings is 1. The van der Waals surface area contributed by atoms with Crippen molar-refractivity contribution in [3.63, 3.8) is 0 Å². The van der Waals surface area contributed by atoms with E-state index in [1.54, 1.807) is 16.8 Å². The van der Waals surface area contributed by atoms with Crippen LogP contribution in [0.25, 0.3) is 5.65 Å². The number of halogens is 2. The molecule has 2 aromatic heterocycles. The number of hydrogen-bond donors (Lipinski definition) is 0. The molecule has 0 aliphatic carbocycles. The normalized spacial score (nSPS) is 11.5. The summed E-state index contributed by atoms with van der Waals surface area (Å²) in [5.74, 6) is 1.35. The van der Waals surface area contributed by atoms with Crippen molar-refractivity contribution in [3.8, 4) is 11.6 Å². The lowest BCUT2D eigenvalue weighted by atomic mass is 10.0. The van der Waals surface area contributed by atoms with Crippen LogP contribution in [0.3, 0.4) is 0 Å². The van der Waals surface area contributed by atoms with Crippen LogP contribution < -0.4 is 4.74 Å². The minimum Gasteiger partial charge on any atom is -0.440 e. The number of ether oxygens (including phenoxy) is 1. The Morgan fingerprint density at radius 2 is 1.77 bits per heavy atom. The summed E-state index contributed by atoms with van der Waals surface area (Å²) in [6.45, 7) is 4.22. The first-order chi connectivity index (χ1) is 10.5. The van der Waals surface area contributed by atoms with E-state index < -0.39 is 6.43 Å². The molecule has 22 heavy (non-hydrogen) atoms. The van der Waals surface area contributed by atoms with E-state index in [1.807, 2.05) is 24.3 Å². The third kappa shape index (κ3) is 2.79. The molecule has 0 bridgehead atoms. The fourth-order valence-corrected chi connectivity index (χ4v) is 2.26. The Kier molecular flexibility index (Phi) is 3.79. The van der Waals surface area contributed by atoms with Crippen molar-refractivity contribution in [1.82, 2.24) is 9.38 Å². The van der Waals surface area contributed by atoms with Crippen LogP contribution in [0.4, 0.5) is 8.78 Å². The molecule has 0 spiro atoms. The number of hydrogen-bond acceptors (Lipinski definition) is 2. The number of alkyl halides is 2. The average Bonchev–Trinajstić information content (AvgIpc) is 2.96. The predicted molar refractivity (Wildman–Crippen MR) is 80.8 cm³/mol. The van der Waals surface area contributed by atoms with Gasteiger partial charge in [-0.15, -0.1) is 0 Å². The molecule has 0 unspecified atom stereocenters. The van der Waals surface area contributed by atoms with Gasteiger partial charge < -0.3 is 4.74 Å². The molecule has 0 N–H and O–H groups in total. The van der Waals surface area contributed by atoms with Gasteiger partial charge in [0.1, 0.15) is 11.4 Å². The number of rotatable bonds is 4. The second-order valence-corrected chi connectivity index (χ2v) is 5.41. The van der Waals surface area contributed by atoms with E-state index in [0.717, 1.165) is 0 Å². The minimum absolute atomic E-state index is 0.104. The van der Waals surface area contributed by atoms with E-state index in [0.29, 0.717) is 23.2 Å². The first-order valence-corrected chi connectivity index (χ1v) is 7.07. The summed E-state index contributed by atoms with van der Waals surface area (Å²) in [6.07, 6.45) is 0.675. The molecule has 3 nitrogen and oxygen atoms in total. The zero-order chi connectivity index (χ0) is 15.7. The molecule has 114 valence electrons. The SMILES string of the molecule is CC(C)c1ccc(Oc2cc(C(F)F)cc3nccn23)cc1. The van der Waals surface area contributed by atoms with Crippen LogP contribution in [0.2, 0.25) is 0 Å². The van der Waals surface area contributed by atoms with Crippen molar-refractivity contribution in [3.05, 3.63) is 59.9 Å². The summed E-state index contributed by atoms with van der Waals surface area (Å²) in [5, 5.41) is 0. The number of nitrogens with zero attached hydrogens (tertiary/aromatic N) is 2. The third-order valence-electron chi connectivity index (χ3n) is 3.51. The van der Waals surface area contributed by atoms with E-state index in [-0.39, 0.29) is 5.56 Å². The van der Waals surface area contributed by atoms with Crippen LogP contribution in [0, 0.1) is 0 Å². The molecule has 0 amide bonds. The van der Waals surface area contributed by atoms with E-state index in [4.69, 9.17) is 4.74 Å². The van der Waals surface area contributed by atoms with Gasteiger partial charge in [-0.1, -0.05) is 26.0 Å². The van der Waals surface area contributed by atoms with Crippen molar-refractivity contribution >= 4 is 5.65 Å². The monoisotopic (exact) mass is 302 g/mol. The van der Waals surface area contributed by atoms with Crippen molar-refractivity contribution < 1.29 is 13.5 Å². The highest BCUT2D eigenvalue weighted by molar-refractivity contribution is 5.47. The smallest absolute Gasteiger partial charge is 0.264 e. The summed E-state index contributed by atoms with van der Waals surface area (Å²) in [4.78, 5) is 4.05. The van der Waals surface area contributed by atoms with E-state index in [1.165, 1.54) is 17.7 Å². The number of pyridine rings is 1. The van der Waals surface area contributed by atoms with Crippen LogP contribution in [0.5, 0.6) is 11.6 Å². The van der Waals surface area contributed by atoms with E-state index >= 15 is 0 Å². The van der Waals surface area contributed by atoms with Crippen molar-refractivity contribution in [2.24, 2.45) is 0 Å². The molecular formula is C17H16F2N2O. The van der Waals surface area contributed by atoms with Gasteiger partial charge in [-0.05, 0) is 29.7 Å². The second-order valence-electron chi connectivity index (χ2n) is 5.41. The highest BCUT2D eigenvalue weighted by atomic mass is 19.3. The summed E-state index contributed by atoms with van der Waals surface area (Å²) < 4.78 is 33.3. The van der Waals surface area contributed by atoms with Gasteiger partial charge in [-0.2, -0.15) is 0 Å². The Hall–Kier alpha value is -2.43. The van der Waals surface area contributed by atoms with Crippen LogP contribution in [0.15, 0.2) is 48.8 Å². The van der Waals surface area contributed by atoms with Crippen LogP contribution in [-0.2, 0) is 0 Å². The lowest BCUT2D eigenvalue weighted by Gasteiger charge is -2.11. The Morgan fingerprint density at radius 3 is 2.41 bits per heavy atom. The molecule has 2 heterocycles. The molecule has 1 aromatic carbocycles. The molecule has 0 atom stereocenters. The van der Waals surface area contributed by atoms with E-state index in [2.05, 4.69) is 18.8 Å². The summed E-state index contributed by atoms with van der Waals surface area (Å²) in [6, 6.07) is 10.3. The molecule has 0 saturated carbocycles. The average molecular weight is 302 g/mol. The third-order valence-corrected chi connectivity index (χ3v) is 3.51. The molecule has 5 heteroatoms. The fraction of sp³-hybridized carbons (Fsp3) is 0.235. The molecular weight excluding hydrogens is 286 g/mol. The largest absolute Gasteiger partial charge is 0.440 e. The number of benzene rings is 1. The standard InChI is InChI=1S/C17H16F2N2O/c1-11(2)12-3-5-14(6-4-12)22-16-10-13(17(18)19)9-15-20-7-8-21(15)16/h3-11,17H,1-2H3. The van der Waals surface area contributed by atoms with Crippen LogP contribution in [0.1, 0.15) is 37.3 Å². The molecule has 0 fully saturated rings. The Morgan fingerprint density at radius 1 is 1.05 bits per heavy atom. The molecule has 3 aromatic rings. The fourth-order valence-electron chi connectivity index (χ4n) is 2.26. The van der Waals surface area contributed by atoms with Crippen molar-refractivity contribution in [2.45, 2.75) is 26.2 Å². The zero-order valence-corrected chi connectivity index (χ0v) is 12.3. The number of fused-ring (bicyclic) bond motifs is 1. The van der Waals surface area contributed by atoms with Gasteiger partial charge in [0, 0.05) is 24.0 Å². The van der Waals surface area contributed by atoms with Gasteiger partial charge in [0.25, 0.3) is 6.43 Å². The zero-order valence-electron chi connectivity index (χ0n) is 12.3. The van der Waals surface area contributed by atoms with E-state index in [9.17, 15) is 8.78 Å². The summed E-state index contributed by atoms with van der Waals surface area (Å²) in [5.41, 5.74) is 1.53. The number of aromatic nitrogens is 2. The minimum atomic E-state index is -2.56. The molecule has 3 rings (SSSR count). The van der Waals surface area contributed by atoms with Gasteiger partial charge in [-0.3, -0.25) is 4.40 Å². The van der Waals surface area contributed by atoms with Gasteiger partial charge >= 0.3 is 0 Å². The Labute approximate surface area is 127 Å². The van der Waals surface area contributed by atoms with Gasteiger partial charge in [-0.25, -0.2) is 13.8 Å². The Balaban J connectivity index is 1.97. The van der Waals surface area contributed by atoms with Crippen LogP contribution >= 0.6 is 0 Å². The topological polar surface area (TPSA) is 26.5 Å². The maximum absolute atomic E-state index is 13.0. The summed E-state index contributed by atoms with van der Waals surface area (Å²) >= 11 is 0. The first kappa shape index (κ1) is 14.5. The van der Waals surface area contributed by atoms with Crippen LogP contribution in [-0.4, -0.2) is 9.38 Å². The highest BCUT2D eigenvalue weighted by Gasteiger charge is 2.13. The van der Waals surface area contributed by atoms with Crippen molar-refractivity contribution in [2.75, 3.05) is 0 Å². The van der Waals surface area contributed by atoms with Gasteiger partial charge in [0.2, 0.25) is 5.88 Å². The lowest BCUT2D eigenvalue weighted by Crippen LogP contribution is -1.97.